The number of nitrogens with two attached hydrogens (primary N) is 1. The Morgan fingerprint density at radius 1 is 0.707 bits per heavy atom. The van der Waals surface area contributed by atoms with E-state index >= 15 is 0 Å². The number of aliphatic carboxylic acids is 1. The number of rotatable bonds is 30. The number of carboxylic acids is 1. The SMILES string of the molecule is NCCCCC(NC(=O)C(CO)NC(=O)C1CCNC2C(NC(=O)CCC(=O)O)CC3CC(O)C(O)CC3N12)C(=O)NCC(=O)NC(CCCN(O)C=O)C(=O)NC1CCCCNC(=O)C(CO)NC(=O)C(CCCN(O)C=O)NC1=O. The van der Waals surface area contributed by atoms with Crippen molar-refractivity contribution in [3.05, 3.63) is 0 Å². The lowest BCUT2D eigenvalue weighted by molar-refractivity contribution is -0.151. The summed E-state index contributed by atoms with van der Waals surface area (Å²) in [5.74, 6) is -9.08. The molecule has 462 valence electrons. The van der Waals surface area contributed by atoms with Crippen LogP contribution >= 0.6 is 0 Å². The fourth-order valence-corrected chi connectivity index (χ4v) is 10.5. The second kappa shape index (κ2) is 34.7. The van der Waals surface area contributed by atoms with E-state index in [1.165, 1.54) is 0 Å². The Morgan fingerprint density at radius 2 is 1.38 bits per heavy atom. The smallest absolute Gasteiger partial charge is 0.303 e. The first kappa shape index (κ1) is 67.8. The molecule has 0 spiro atoms. The van der Waals surface area contributed by atoms with E-state index in [1.807, 2.05) is 0 Å². The highest BCUT2D eigenvalue weighted by Crippen LogP contribution is 2.40. The van der Waals surface area contributed by atoms with Crippen LogP contribution in [0.2, 0.25) is 0 Å². The maximum Gasteiger partial charge on any atom is 0.303 e. The molecule has 4 fully saturated rings. The molecule has 1 saturated carbocycles. The summed E-state index contributed by atoms with van der Waals surface area (Å²) in [6.07, 6.45) is -2.27. The van der Waals surface area contributed by atoms with Gasteiger partial charge < -0.3 is 79.1 Å². The summed E-state index contributed by atoms with van der Waals surface area (Å²) >= 11 is 0. The van der Waals surface area contributed by atoms with Gasteiger partial charge in [0.1, 0.15) is 36.3 Å². The average Bonchev–Trinajstić information content (AvgIpc) is 1.58. The van der Waals surface area contributed by atoms with Crippen LogP contribution in [0.3, 0.4) is 0 Å². The zero-order valence-electron chi connectivity index (χ0n) is 45.6. The molecule has 0 bridgehead atoms. The van der Waals surface area contributed by atoms with E-state index in [4.69, 9.17) is 10.8 Å². The van der Waals surface area contributed by atoms with Gasteiger partial charge in [0.2, 0.25) is 66.0 Å². The van der Waals surface area contributed by atoms with Gasteiger partial charge in [-0.25, -0.2) is 10.1 Å². The molecule has 3 aliphatic heterocycles. The van der Waals surface area contributed by atoms with Crippen molar-refractivity contribution in [2.45, 2.75) is 175 Å². The van der Waals surface area contributed by atoms with Gasteiger partial charge in [-0.3, -0.25) is 78.2 Å². The lowest BCUT2D eigenvalue weighted by Crippen LogP contribution is -2.75. The first-order valence-corrected chi connectivity index (χ1v) is 27.6. The Morgan fingerprint density at radius 3 is 2.05 bits per heavy atom. The minimum Gasteiger partial charge on any atom is -0.481 e. The van der Waals surface area contributed by atoms with E-state index in [2.05, 4.69) is 53.2 Å². The van der Waals surface area contributed by atoms with Crippen molar-refractivity contribution in [2.24, 2.45) is 11.7 Å². The summed E-state index contributed by atoms with van der Waals surface area (Å²) in [7, 11) is 0. The lowest BCUT2D eigenvalue weighted by atomic mass is 9.72. The highest BCUT2D eigenvalue weighted by atomic mass is 16.5. The van der Waals surface area contributed by atoms with Crippen LogP contribution in [0, 0.1) is 5.92 Å². The van der Waals surface area contributed by atoms with Gasteiger partial charge in [-0.1, -0.05) is 0 Å². The molecule has 0 aromatic carbocycles. The number of amides is 11. The molecule has 1 aliphatic carbocycles. The van der Waals surface area contributed by atoms with Gasteiger partial charge in [0, 0.05) is 32.1 Å². The van der Waals surface area contributed by atoms with Crippen LogP contribution in [-0.2, 0) is 57.5 Å². The van der Waals surface area contributed by atoms with E-state index in [0.717, 1.165) is 0 Å². The van der Waals surface area contributed by atoms with Crippen molar-refractivity contribution in [3.8, 4) is 0 Å². The van der Waals surface area contributed by atoms with Gasteiger partial charge in [0.25, 0.3) is 0 Å². The molecule has 3 saturated heterocycles. The van der Waals surface area contributed by atoms with E-state index in [9.17, 15) is 88.4 Å². The van der Waals surface area contributed by atoms with E-state index in [-0.39, 0.29) is 140 Å². The van der Waals surface area contributed by atoms with Crippen molar-refractivity contribution < 1.29 is 93.5 Å². The summed E-state index contributed by atoms with van der Waals surface area (Å²) in [5.41, 5.74) is 5.70. The predicted octanol–water partition coefficient (Wildman–Crippen LogP) is -8.08. The second-order valence-corrected chi connectivity index (χ2v) is 20.8. The van der Waals surface area contributed by atoms with Crippen LogP contribution in [0.4, 0.5) is 0 Å². The summed E-state index contributed by atoms with van der Waals surface area (Å²) in [6, 6.07) is -10.9. The first-order chi connectivity index (χ1) is 39.1. The third-order valence-corrected chi connectivity index (χ3v) is 14.8. The van der Waals surface area contributed by atoms with Crippen LogP contribution in [-0.4, -0.2) is 248 Å². The Hall–Kier alpha value is -6.72. The molecule has 3 heterocycles. The number of nitrogens with one attached hydrogen (secondary N) is 10. The van der Waals surface area contributed by atoms with E-state index in [0.29, 0.717) is 17.9 Å². The summed E-state index contributed by atoms with van der Waals surface area (Å²) in [4.78, 5) is 157. The van der Waals surface area contributed by atoms with Gasteiger partial charge in [0.15, 0.2) is 0 Å². The molecule has 33 heteroatoms. The molecular formula is C49H82N14O19. The molecule has 0 aromatic heterocycles. The first-order valence-electron chi connectivity index (χ1n) is 27.6. The van der Waals surface area contributed by atoms with Crippen molar-refractivity contribution in [2.75, 3.05) is 52.5 Å². The molecule has 13 unspecified atom stereocenters. The molecule has 11 amide bonds. The number of aliphatic hydroxyl groups excluding tert-OH is 4. The summed E-state index contributed by atoms with van der Waals surface area (Å²) in [6.45, 7) is -2.59. The van der Waals surface area contributed by atoms with E-state index < -0.39 is 158 Å². The zero-order chi connectivity index (χ0) is 60.5. The molecular weight excluding hydrogens is 1090 g/mol. The quantitative estimate of drug-likeness (QED) is 0.0137. The molecule has 13 atom stereocenters. The minimum atomic E-state index is -1.64. The number of piperidine rings is 1. The normalized spacial score (nSPS) is 26.2. The molecule has 0 aromatic rings. The third kappa shape index (κ3) is 21.2. The largest absolute Gasteiger partial charge is 0.481 e. The van der Waals surface area contributed by atoms with E-state index in [1.54, 1.807) is 4.90 Å². The van der Waals surface area contributed by atoms with Crippen molar-refractivity contribution in [1.29, 1.82) is 0 Å². The molecule has 82 heavy (non-hydrogen) atoms. The molecule has 4 aliphatic rings. The summed E-state index contributed by atoms with van der Waals surface area (Å²) < 4.78 is 0. The van der Waals surface area contributed by atoms with Gasteiger partial charge in [0.05, 0.1) is 56.6 Å². The number of hydroxylamine groups is 4. The Bertz CT molecular complexity index is 2200. The maximum absolute atomic E-state index is 14.2. The fraction of sp³-hybridized carbons (Fsp3) is 0.755. The minimum absolute atomic E-state index is 0.0380. The van der Waals surface area contributed by atoms with Gasteiger partial charge in [-0.2, -0.15) is 0 Å². The number of carbonyl (C=O) groups excluding carboxylic acids is 11. The topological polar surface area (TPSA) is 502 Å². The highest BCUT2D eigenvalue weighted by molar-refractivity contribution is 5.97. The Labute approximate surface area is 472 Å². The number of fused-ring (bicyclic) bond motifs is 3. The van der Waals surface area contributed by atoms with Crippen LogP contribution in [0.1, 0.15) is 103 Å². The number of nitrogens with zero attached hydrogens (tertiary/aromatic N) is 3. The van der Waals surface area contributed by atoms with Gasteiger partial charge in [-0.15, -0.1) is 0 Å². The number of carboxylic acid groups (broad SMARTS) is 1. The van der Waals surface area contributed by atoms with Crippen molar-refractivity contribution >= 4 is 72.0 Å². The lowest BCUT2D eigenvalue weighted by Gasteiger charge is -2.57. The molecule has 0 radical (unpaired) electrons. The molecule has 19 N–H and O–H groups in total. The number of aliphatic hydroxyl groups is 4. The number of carbonyl (C=O) groups is 12. The Balaban J connectivity index is 1.47. The number of hydrogen-bond acceptors (Lipinski definition) is 21. The van der Waals surface area contributed by atoms with Crippen LogP contribution < -0.4 is 58.9 Å². The van der Waals surface area contributed by atoms with Crippen molar-refractivity contribution in [1.82, 2.24) is 68.2 Å². The number of hydrogen-bond donors (Lipinski definition) is 18. The average molecular weight is 1170 g/mol. The fourth-order valence-electron chi connectivity index (χ4n) is 10.5. The molecule has 33 nitrogen and oxygen atoms in total. The van der Waals surface area contributed by atoms with Gasteiger partial charge in [-0.05, 0) is 109 Å². The van der Waals surface area contributed by atoms with Crippen LogP contribution in [0.25, 0.3) is 0 Å². The standard InChI is InChI=1S/C49H82N14O19/c50-14-3-1-7-28(56-48(79)34(24-65)60-49(80)35-13-16-51-42-32(55-39(70)11-12-41(72)73)19-27-20-37(68)38(69)21-36(27)63(35)42)43(74)53-22-40(71)54-29(9-5-17-61(81)25-66)45(76)57-30-8-2-4-15-52-44(75)33(23-64)59-47(78)31(58-46(30)77)10-6-18-62(82)26-67/h25-38,42,51,64-65,68-69,81-82H,1-24,50H2,(H,52,75)(H,53,74)(H,54,71)(H,55,70)(H,56,79)(H,57,76)(H,58,77)(H,59,78)(H,60,80)(H,72,73). The maximum atomic E-state index is 14.2. The predicted molar refractivity (Wildman–Crippen MR) is 280 cm³/mol. The summed E-state index contributed by atoms with van der Waals surface area (Å²) in [5, 5.41) is 96.8. The second-order valence-electron chi connectivity index (χ2n) is 20.8. The number of unbranched alkanes of at least 4 members (excludes halogenated alkanes) is 1. The monoisotopic (exact) mass is 1170 g/mol. The van der Waals surface area contributed by atoms with Gasteiger partial charge >= 0.3 is 5.97 Å². The van der Waals surface area contributed by atoms with Crippen molar-refractivity contribution in [3.63, 3.8) is 0 Å². The molecule has 4 rings (SSSR count). The van der Waals surface area contributed by atoms with Crippen LogP contribution in [0.15, 0.2) is 0 Å². The third-order valence-electron chi connectivity index (χ3n) is 14.8. The zero-order valence-corrected chi connectivity index (χ0v) is 45.6. The highest BCUT2D eigenvalue weighted by Gasteiger charge is 2.53. The Kier molecular flexibility index (Phi) is 28.6. The van der Waals surface area contributed by atoms with Crippen LogP contribution in [0.5, 0.6) is 0 Å².